The third-order valence-corrected chi connectivity index (χ3v) is 4.28. The Hall–Kier alpha value is -2.86. The van der Waals surface area contributed by atoms with Gasteiger partial charge in [0.2, 0.25) is 0 Å². The summed E-state index contributed by atoms with van der Waals surface area (Å²) in [5.41, 5.74) is 3.47. The largest absolute Gasteiger partial charge is 0.356 e. The molecule has 0 aliphatic rings. The van der Waals surface area contributed by atoms with Gasteiger partial charge in [-0.25, -0.2) is 4.98 Å². The molecule has 1 aromatic carbocycles. The van der Waals surface area contributed by atoms with Crippen LogP contribution in [0.4, 0.5) is 0 Å². The van der Waals surface area contributed by atoms with E-state index in [9.17, 15) is 0 Å². The molecule has 0 spiro atoms. The van der Waals surface area contributed by atoms with E-state index in [2.05, 4.69) is 37.8 Å². The van der Waals surface area contributed by atoms with Crippen LogP contribution in [0.25, 0.3) is 0 Å². The Balaban J connectivity index is 1.43. The van der Waals surface area contributed by atoms with E-state index >= 15 is 0 Å². The molecule has 0 saturated heterocycles. The number of aromatic nitrogens is 3. The average molecular weight is 383 g/mol. The highest BCUT2D eigenvalue weighted by Gasteiger charge is 2.02. The number of rotatable bonds is 7. The molecule has 7 heteroatoms. The minimum absolute atomic E-state index is 0.511. The van der Waals surface area contributed by atoms with Gasteiger partial charge in [0, 0.05) is 38.1 Å². The van der Waals surface area contributed by atoms with Crippen molar-refractivity contribution >= 4 is 17.6 Å². The molecule has 2 N–H and O–H groups in total. The lowest BCUT2D eigenvalue weighted by Crippen LogP contribution is -2.37. The number of nitrogens with one attached hydrogen (secondary N) is 2. The van der Waals surface area contributed by atoms with E-state index in [1.165, 1.54) is 5.56 Å². The second-order valence-corrected chi connectivity index (χ2v) is 6.51. The summed E-state index contributed by atoms with van der Waals surface area (Å²) in [6.45, 7) is 2.19. The van der Waals surface area contributed by atoms with Crippen LogP contribution in [0.15, 0.2) is 66.0 Å². The summed E-state index contributed by atoms with van der Waals surface area (Å²) in [6.07, 6.45) is 6.57. The van der Waals surface area contributed by atoms with Gasteiger partial charge in [0.1, 0.15) is 5.15 Å². The monoisotopic (exact) mass is 382 g/mol. The molecule has 0 saturated carbocycles. The van der Waals surface area contributed by atoms with Gasteiger partial charge in [0.05, 0.1) is 12.7 Å². The zero-order valence-electron chi connectivity index (χ0n) is 15.3. The number of hydrogen-bond acceptors (Lipinski definition) is 3. The lowest BCUT2D eigenvalue weighted by Gasteiger charge is -2.11. The fraction of sp³-hybridized carbons (Fsp3) is 0.250. The topological polar surface area (TPSA) is 67.1 Å². The molecular weight excluding hydrogens is 360 g/mol. The van der Waals surface area contributed by atoms with Crippen LogP contribution in [-0.2, 0) is 19.5 Å². The van der Waals surface area contributed by atoms with E-state index in [4.69, 9.17) is 11.6 Å². The second-order valence-electron chi connectivity index (χ2n) is 6.12. The molecule has 2 heterocycles. The quantitative estimate of drug-likeness (QED) is 0.374. The third-order valence-electron chi connectivity index (χ3n) is 4.05. The van der Waals surface area contributed by atoms with Crippen LogP contribution >= 0.6 is 11.6 Å². The van der Waals surface area contributed by atoms with Gasteiger partial charge in [0.15, 0.2) is 5.96 Å². The van der Waals surface area contributed by atoms with Gasteiger partial charge in [-0.1, -0.05) is 48.0 Å². The summed E-state index contributed by atoms with van der Waals surface area (Å²) in [4.78, 5) is 8.34. The van der Waals surface area contributed by atoms with Gasteiger partial charge in [-0.15, -0.1) is 0 Å². The summed E-state index contributed by atoms with van der Waals surface area (Å²) in [6, 6.07) is 14.1. The smallest absolute Gasteiger partial charge is 0.191 e. The van der Waals surface area contributed by atoms with E-state index < -0.39 is 0 Å². The first-order valence-corrected chi connectivity index (χ1v) is 9.21. The Bertz CT molecular complexity index is 858. The second kappa shape index (κ2) is 9.73. The highest BCUT2D eigenvalue weighted by molar-refractivity contribution is 6.29. The highest BCUT2D eigenvalue weighted by atomic mass is 35.5. The lowest BCUT2D eigenvalue weighted by molar-refractivity contribution is 0.685. The van der Waals surface area contributed by atoms with Crippen LogP contribution in [0.1, 0.15) is 16.7 Å². The summed E-state index contributed by atoms with van der Waals surface area (Å²) in [7, 11) is 1.76. The number of hydrogen-bond donors (Lipinski definition) is 2. The Morgan fingerprint density at radius 1 is 1.04 bits per heavy atom. The number of guanidine groups is 1. The van der Waals surface area contributed by atoms with E-state index in [0.29, 0.717) is 11.7 Å². The van der Waals surface area contributed by atoms with E-state index in [0.717, 1.165) is 36.6 Å². The minimum atomic E-state index is 0.511. The fourth-order valence-corrected chi connectivity index (χ4v) is 2.75. The normalized spacial score (nSPS) is 11.4. The van der Waals surface area contributed by atoms with Gasteiger partial charge < -0.3 is 10.6 Å². The number of halogens is 1. The van der Waals surface area contributed by atoms with E-state index in [1.807, 2.05) is 41.3 Å². The molecule has 0 aliphatic carbocycles. The molecule has 6 nitrogen and oxygen atoms in total. The predicted molar refractivity (Wildman–Crippen MR) is 109 cm³/mol. The standard InChI is InChI=1S/C20H23ClN6/c1-22-20(23-10-9-16-7-8-19(21)24-11-16)25-12-18-13-26-27(15-18)14-17-5-3-2-4-6-17/h2-8,11,13,15H,9-10,12,14H2,1H3,(H2,22,23,25). The Morgan fingerprint density at radius 2 is 1.89 bits per heavy atom. The number of nitrogens with zero attached hydrogens (tertiary/aromatic N) is 4. The van der Waals surface area contributed by atoms with Crippen molar-refractivity contribution in [3.05, 3.63) is 82.9 Å². The van der Waals surface area contributed by atoms with Crippen molar-refractivity contribution in [1.29, 1.82) is 0 Å². The maximum Gasteiger partial charge on any atom is 0.191 e. The molecule has 2 aromatic heterocycles. The first-order chi connectivity index (χ1) is 13.2. The first kappa shape index (κ1) is 18.9. The van der Waals surface area contributed by atoms with Crippen LogP contribution in [0.3, 0.4) is 0 Å². The molecule has 0 fully saturated rings. The Morgan fingerprint density at radius 3 is 2.63 bits per heavy atom. The number of benzene rings is 1. The molecule has 0 aliphatic heterocycles. The van der Waals surface area contributed by atoms with Gasteiger partial charge in [-0.2, -0.15) is 5.10 Å². The summed E-state index contributed by atoms with van der Waals surface area (Å²) >= 11 is 5.80. The van der Waals surface area contributed by atoms with Crippen molar-refractivity contribution in [3.8, 4) is 0 Å². The summed E-state index contributed by atoms with van der Waals surface area (Å²) in [5.74, 6) is 0.757. The maximum atomic E-state index is 5.80. The molecule has 0 unspecified atom stereocenters. The van der Waals surface area contributed by atoms with Crippen molar-refractivity contribution in [2.24, 2.45) is 4.99 Å². The molecule has 27 heavy (non-hydrogen) atoms. The van der Waals surface area contributed by atoms with Crippen LogP contribution in [0, 0.1) is 0 Å². The van der Waals surface area contributed by atoms with E-state index in [-0.39, 0.29) is 0 Å². The zero-order chi connectivity index (χ0) is 18.9. The zero-order valence-corrected chi connectivity index (χ0v) is 16.0. The third kappa shape index (κ3) is 6.11. The summed E-state index contributed by atoms with van der Waals surface area (Å²) in [5, 5.41) is 11.5. The minimum Gasteiger partial charge on any atom is -0.356 e. The van der Waals surface area contributed by atoms with Crippen LogP contribution in [0.5, 0.6) is 0 Å². The molecule has 3 rings (SSSR count). The van der Waals surface area contributed by atoms with Crippen molar-refractivity contribution in [1.82, 2.24) is 25.4 Å². The van der Waals surface area contributed by atoms with Crippen molar-refractivity contribution < 1.29 is 0 Å². The van der Waals surface area contributed by atoms with Crippen molar-refractivity contribution in [3.63, 3.8) is 0 Å². The summed E-state index contributed by atoms with van der Waals surface area (Å²) < 4.78 is 1.94. The molecule has 0 radical (unpaired) electrons. The van der Waals surface area contributed by atoms with Crippen molar-refractivity contribution in [2.45, 2.75) is 19.5 Å². The van der Waals surface area contributed by atoms with Crippen LogP contribution in [0.2, 0.25) is 5.15 Å². The average Bonchev–Trinajstić information content (AvgIpc) is 3.14. The SMILES string of the molecule is CN=C(NCCc1ccc(Cl)nc1)NCc1cnn(Cc2ccccc2)c1. The highest BCUT2D eigenvalue weighted by Crippen LogP contribution is 2.05. The molecule has 0 atom stereocenters. The Kier molecular flexibility index (Phi) is 6.82. The number of aliphatic imine (C=N–C) groups is 1. The predicted octanol–water partition coefficient (Wildman–Crippen LogP) is 2.89. The fourth-order valence-electron chi connectivity index (χ4n) is 2.64. The molecule has 0 bridgehead atoms. The van der Waals surface area contributed by atoms with Gasteiger partial charge >= 0.3 is 0 Å². The molecule has 3 aromatic rings. The van der Waals surface area contributed by atoms with Crippen LogP contribution in [-0.4, -0.2) is 34.3 Å². The molecule has 140 valence electrons. The van der Waals surface area contributed by atoms with E-state index in [1.54, 1.807) is 19.3 Å². The van der Waals surface area contributed by atoms with Gasteiger partial charge in [-0.05, 0) is 23.6 Å². The molecular formula is C20H23ClN6. The van der Waals surface area contributed by atoms with Crippen molar-refractivity contribution in [2.75, 3.05) is 13.6 Å². The van der Waals surface area contributed by atoms with Gasteiger partial charge in [0.25, 0.3) is 0 Å². The molecule has 0 amide bonds. The van der Waals surface area contributed by atoms with Gasteiger partial charge in [-0.3, -0.25) is 9.67 Å². The first-order valence-electron chi connectivity index (χ1n) is 8.83. The Labute approximate surface area is 164 Å². The maximum absolute atomic E-state index is 5.80. The number of pyridine rings is 1. The van der Waals surface area contributed by atoms with Crippen LogP contribution < -0.4 is 10.6 Å². The lowest BCUT2D eigenvalue weighted by atomic mass is 10.2.